The van der Waals surface area contributed by atoms with Gasteiger partial charge >= 0.3 is 0 Å². The van der Waals surface area contributed by atoms with E-state index < -0.39 is 5.60 Å². The highest BCUT2D eigenvalue weighted by Gasteiger charge is 2.34. The van der Waals surface area contributed by atoms with E-state index in [9.17, 15) is 5.26 Å². The predicted molar refractivity (Wildman–Crippen MR) is 126 cm³/mol. The van der Waals surface area contributed by atoms with Gasteiger partial charge in [-0.2, -0.15) is 5.26 Å². The van der Waals surface area contributed by atoms with Crippen molar-refractivity contribution < 1.29 is 4.74 Å². The van der Waals surface area contributed by atoms with Gasteiger partial charge < -0.3 is 4.74 Å². The molecule has 5 rings (SSSR count). The lowest BCUT2D eigenvalue weighted by Crippen LogP contribution is -2.30. The van der Waals surface area contributed by atoms with Crippen LogP contribution in [0.5, 0.6) is 0 Å². The molecule has 0 amide bonds. The van der Waals surface area contributed by atoms with Gasteiger partial charge in [-0.1, -0.05) is 60.7 Å². The number of benzene rings is 2. The standard InChI is InChI=1S/C28H21N3O/c29-20-28(32-19-24-11-10-23-8-4-5-9-27(23)31-24)15-12-25(21-6-2-1-3-7-21)26(18-28)22-13-16-30-17-14-22/h1-17H,18-19H2. The van der Waals surface area contributed by atoms with E-state index >= 15 is 0 Å². The molecule has 4 heteroatoms. The fraction of sp³-hybridized carbons (Fsp3) is 0.107. The van der Waals surface area contributed by atoms with Crippen molar-refractivity contribution in [1.29, 1.82) is 5.26 Å². The first-order valence-corrected chi connectivity index (χ1v) is 10.5. The third-order valence-electron chi connectivity index (χ3n) is 5.72. The second-order valence-corrected chi connectivity index (χ2v) is 7.79. The molecular weight excluding hydrogens is 394 g/mol. The zero-order chi connectivity index (χ0) is 21.8. The number of hydrogen-bond donors (Lipinski definition) is 0. The summed E-state index contributed by atoms with van der Waals surface area (Å²) in [7, 11) is 0. The minimum atomic E-state index is -1.07. The summed E-state index contributed by atoms with van der Waals surface area (Å²) in [5, 5.41) is 11.2. The van der Waals surface area contributed by atoms with Crippen LogP contribution in [0.25, 0.3) is 22.0 Å². The van der Waals surface area contributed by atoms with Gasteiger partial charge in [-0.25, -0.2) is 0 Å². The lowest BCUT2D eigenvalue weighted by Gasteiger charge is -2.30. The van der Waals surface area contributed by atoms with Crippen molar-refractivity contribution in [2.24, 2.45) is 0 Å². The molecule has 0 radical (unpaired) electrons. The van der Waals surface area contributed by atoms with Gasteiger partial charge in [0.05, 0.1) is 17.8 Å². The summed E-state index contributed by atoms with van der Waals surface area (Å²) in [5.41, 5.74) is 4.96. The molecular formula is C28H21N3O. The van der Waals surface area contributed by atoms with Gasteiger partial charge in [-0.05, 0) is 52.6 Å². The Morgan fingerprint density at radius 3 is 2.47 bits per heavy atom. The average Bonchev–Trinajstić information content (AvgIpc) is 2.88. The fourth-order valence-corrected chi connectivity index (χ4v) is 4.03. The van der Waals surface area contributed by atoms with E-state index in [-0.39, 0.29) is 6.61 Å². The van der Waals surface area contributed by atoms with Crippen molar-refractivity contribution >= 4 is 22.0 Å². The minimum absolute atomic E-state index is 0.257. The van der Waals surface area contributed by atoms with Gasteiger partial charge in [0.2, 0.25) is 0 Å². The van der Waals surface area contributed by atoms with E-state index in [1.165, 1.54) is 0 Å². The van der Waals surface area contributed by atoms with Crippen molar-refractivity contribution in [2.45, 2.75) is 18.6 Å². The van der Waals surface area contributed by atoms with Gasteiger partial charge in [-0.15, -0.1) is 0 Å². The molecule has 0 N–H and O–H groups in total. The van der Waals surface area contributed by atoms with Crippen LogP contribution in [0.15, 0.2) is 103 Å². The third kappa shape index (κ3) is 3.94. The fourth-order valence-electron chi connectivity index (χ4n) is 4.03. The number of ether oxygens (including phenoxy) is 1. The van der Waals surface area contributed by atoms with Crippen LogP contribution >= 0.6 is 0 Å². The quantitative estimate of drug-likeness (QED) is 0.402. The van der Waals surface area contributed by atoms with Crippen LogP contribution in [0.4, 0.5) is 0 Å². The maximum absolute atomic E-state index is 10.1. The van der Waals surface area contributed by atoms with Crippen molar-refractivity contribution in [3.05, 3.63) is 120 Å². The molecule has 0 bridgehead atoms. The van der Waals surface area contributed by atoms with Crippen molar-refractivity contribution in [3.8, 4) is 6.07 Å². The van der Waals surface area contributed by atoms with Gasteiger partial charge in [0.25, 0.3) is 0 Å². The second kappa shape index (κ2) is 8.58. The van der Waals surface area contributed by atoms with Gasteiger partial charge in [0.1, 0.15) is 6.07 Å². The van der Waals surface area contributed by atoms with E-state index in [1.54, 1.807) is 12.4 Å². The molecule has 0 saturated carbocycles. The molecule has 1 atom stereocenters. The largest absolute Gasteiger partial charge is 0.350 e. The summed E-state index contributed by atoms with van der Waals surface area (Å²) < 4.78 is 6.23. The first-order chi connectivity index (χ1) is 15.8. The Bertz CT molecular complexity index is 1350. The molecule has 0 spiro atoms. The van der Waals surface area contributed by atoms with Crippen LogP contribution in [-0.4, -0.2) is 15.6 Å². The summed E-state index contributed by atoms with van der Waals surface area (Å²) in [4.78, 5) is 8.84. The zero-order valence-electron chi connectivity index (χ0n) is 17.5. The van der Waals surface area contributed by atoms with Gasteiger partial charge in [-0.3, -0.25) is 9.97 Å². The highest BCUT2D eigenvalue weighted by molar-refractivity contribution is 5.97. The molecule has 2 aromatic carbocycles. The maximum atomic E-state index is 10.1. The molecule has 0 fully saturated rings. The first-order valence-electron chi connectivity index (χ1n) is 10.5. The molecule has 154 valence electrons. The predicted octanol–water partition coefficient (Wildman–Crippen LogP) is 5.98. The molecule has 1 aliphatic carbocycles. The molecule has 1 unspecified atom stereocenters. The third-order valence-corrected chi connectivity index (χ3v) is 5.72. The van der Waals surface area contributed by atoms with E-state index in [4.69, 9.17) is 4.74 Å². The van der Waals surface area contributed by atoms with Gasteiger partial charge in [0, 0.05) is 24.2 Å². The van der Waals surface area contributed by atoms with Crippen LogP contribution in [0.1, 0.15) is 23.2 Å². The Labute approximate surface area is 187 Å². The highest BCUT2D eigenvalue weighted by atomic mass is 16.5. The second-order valence-electron chi connectivity index (χ2n) is 7.79. The number of para-hydroxylation sites is 1. The van der Waals surface area contributed by atoms with E-state index in [2.05, 4.69) is 28.2 Å². The number of nitrogens with zero attached hydrogens (tertiary/aromatic N) is 3. The summed E-state index contributed by atoms with van der Waals surface area (Å²) in [6, 6.07) is 28.5. The number of fused-ring (bicyclic) bond motifs is 1. The monoisotopic (exact) mass is 415 g/mol. The van der Waals surface area contributed by atoms with Crippen LogP contribution in [0, 0.1) is 11.3 Å². The van der Waals surface area contributed by atoms with Gasteiger partial charge in [0.15, 0.2) is 5.60 Å². The minimum Gasteiger partial charge on any atom is -0.350 e. The molecule has 1 aliphatic rings. The Morgan fingerprint density at radius 2 is 1.66 bits per heavy atom. The Balaban J connectivity index is 1.47. The van der Waals surface area contributed by atoms with Crippen molar-refractivity contribution in [1.82, 2.24) is 9.97 Å². The molecule has 2 aromatic heterocycles. The van der Waals surface area contributed by atoms with E-state index in [0.717, 1.165) is 38.9 Å². The van der Waals surface area contributed by atoms with Crippen LogP contribution in [-0.2, 0) is 11.3 Å². The number of pyridine rings is 2. The topological polar surface area (TPSA) is 58.8 Å². The molecule has 0 saturated heterocycles. The van der Waals surface area contributed by atoms with Crippen molar-refractivity contribution in [2.75, 3.05) is 0 Å². The van der Waals surface area contributed by atoms with Crippen LogP contribution < -0.4 is 0 Å². The molecule has 4 nitrogen and oxygen atoms in total. The molecule has 4 aromatic rings. The van der Waals surface area contributed by atoms with E-state index in [0.29, 0.717) is 6.42 Å². The Hall–Kier alpha value is -4.07. The normalized spacial score (nSPS) is 18.0. The van der Waals surface area contributed by atoms with Crippen LogP contribution in [0.3, 0.4) is 0 Å². The van der Waals surface area contributed by atoms with Crippen LogP contribution in [0.2, 0.25) is 0 Å². The molecule has 0 aliphatic heterocycles. The van der Waals surface area contributed by atoms with Crippen molar-refractivity contribution in [3.63, 3.8) is 0 Å². The molecule has 32 heavy (non-hydrogen) atoms. The SMILES string of the molecule is N#CC1(OCc2ccc3ccccc3n2)C=CC(c2ccccc2)=C(c2ccncc2)C1. The lowest BCUT2D eigenvalue weighted by atomic mass is 9.81. The number of hydrogen-bond acceptors (Lipinski definition) is 4. The lowest BCUT2D eigenvalue weighted by molar-refractivity contribution is 0.0221. The van der Waals surface area contributed by atoms with E-state index in [1.807, 2.05) is 78.9 Å². The Kier molecular flexibility index (Phi) is 5.33. The molecule has 2 heterocycles. The summed E-state index contributed by atoms with van der Waals surface area (Å²) >= 11 is 0. The summed E-state index contributed by atoms with van der Waals surface area (Å²) in [6.45, 7) is 0.257. The summed E-state index contributed by atoms with van der Waals surface area (Å²) in [6.07, 6.45) is 7.88. The zero-order valence-corrected chi connectivity index (χ0v) is 17.5. The smallest absolute Gasteiger partial charge is 0.177 e. The maximum Gasteiger partial charge on any atom is 0.177 e. The highest BCUT2D eigenvalue weighted by Crippen LogP contribution is 2.40. The number of aromatic nitrogens is 2. The Morgan fingerprint density at radius 1 is 0.875 bits per heavy atom. The first kappa shape index (κ1) is 19.9. The number of allylic oxidation sites excluding steroid dienone is 2. The number of nitriles is 1. The average molecular weight is 415 g/mol. The summed E-state index contributed by atoms with van der Waals surface area (Å²) in [5.74, 6) is 0. The number of rotatable bonds is 5.